The van der Waals surface area contributed by atoms with Crippen molar-refractivity contribution >= 4 is 32.6 Å². The van der Waals surface area contributed by atoms with Crippen molar-refractivity contribution in [1.29, 1.82) is 0 Å². The van der Waals surface area contributed by atoms with Crippen molar-refractivity contribution in [2.75, 3.05) is 11.0 Å². The van der Waals surface area contributed by atoms with Gasteiger partial charge in [0.1, 0.15) is 17.5 Å². The van der Waals surface area contributed by atoms with Crippen molar-refractivity contribution in [2.45, 2.75) is 19.3 Å². The number of alkyl halides is 3. The van der Waals surface area contributed by atoms with Gasteiger partial charge in [-0.15, -0.1) is 13.2 Å². The van der Waals surface area contributed by atoms with Gasteiger partial charge in [-0.05, 0) is 48.9 Å². The van der Waals surface area contributed by atoms with E-state index in [9.17, 15) is 26.4 Å². The molecule has 4 aromatic rings. The summed E-state index contributed by atoms with van der Waals surface area (Å²) in [5.74, 6) is -0.854. The molecule has 0 amide bonds. The zero-order valence-corrected chi connectivity index (χ0v) is 19.9. The standard InChI is InChI=1S/C25H21F3N2O5S/c1-16(30-14-13-20-21(29-36(2,32)33)10-6-11-22(20)30)24(31)34-18-8-5-7-17(15-18)19-9-3-4-12-23(19)35-25(26,27)28/h3-16,29H,1-2H3. The third-order valence-electron chi connectivity index (χ3n) is 5.29. The van der Waals surface area contributed by atoms with Crippen LogP contribution in [0.15, 0.2) is 79.0 Å². The predicted octanol–water partition coefficient (Wildman–Crippen LogP) is 5.75. The number of rotatable bonds is 7. The van der Waals surface area contributed by atoms with Crippen LogP contribution in [0.2, 0.25) is 0 Å². The molecule has 1 heterocycles. The molecule has 0 aliphatic carbocycles. The zero-order chi connectivity index (χ0) is 26.1. The fourth-order valence-corrected chi connectivity index (χ4v) is 4.35. The number of para-hydroxylation sites is 1. The van der Waals surface area contributed by atoms with E-state index in [0.29, 0.717) is 22.2 Å². The predicted molar refractivity (Wildman–Crippen MR) is 129 cm³/mol. The van der Waals surface area contributed by atoms with E-state index in [-0.39, 0.29) is 17.1 Å². The van der Waals surface area contributed by atoms with E-state index < -0.39 is 28.4 Å². The second-order valence-corrected chi connectivity index (χ2v) is 9.75. The number of halogens is 3. The third kappa shape index (κ3) is 5.80. The molecule has 0 aliphatic heterocycles. The molecule has 3 aromatic carbocycles. The van der Waals surface area contributed by atoms with Crippen LogP contribution in [0.25, 0.3) is 22.0 Å². The van der Waals surface area contributed by atoms with Gasteiger partial charge in [-0.1, -0.05) is 36.4 Å². The average Bonchev–Trinajstić information content (AvgIpc) is 3.22. The third-order valence-corrected chi connectivity index (χ3v) is 5.88. The highest BCUT2D eigenvalue weighted by Gasteiger charge is 2.32. The number of nitrogens with zero attached hydrogens (tertiary/aromatic N) is 1. The number of hydrogen-bond acceptors (Lipinski definition) is 5. The normalized spacial score (nSPS) is 12.8. The van der Waals surface area contributed by atoms with Gasteiger partial charge in [0.05, 0.1) is 17.5 Å². The summed E-state index contributed by atoms with van der Waals surface area (Å²) in [5.41, 5.74) is 1.54. The Labute approximate surface area is 205 Å². The molecule has 11 heteroatoms. The SMILES string of the molecule is CC(C(=O)Oc1cccc(-c2ccccc2OC(F)(F)F)c1)n1ccc2c(NS(C)(=O)=O)cccc21. The molecule has 1 unspecified atom stereocenters. The average molecular weight is 519 g/mol. The number of anilines is 1. The lowest BCUT2D eigenvalue weighted by atomic mass is 10.0. The Morgan fingerprint density at radius 3 is 2.44 bits per heavy atom. The second-order valence-electron chi connectivity index (χ2n) is 8.00. The van der Waals surface area contributed by atoms with E-state index in [1.807, 2.05) is 0 Å². The van der Waals surface area contributed by atoms with E-state index in [2.05, 4.69) is 9.46 Å². The van der Waals surface area contributed by atoms with Crippen LogP contribution in [0.1, 0.15) is 13.0 Å². The first kappa shape index (κ1) is 25.1. The summed E-state index contributed by atoms with van der Waals surface area (Å²) in [7, 11) is -3.50. The highest BCUT2D eigenvalue weighted by molar-refractivity contribution is 7.92. The smallest absolute Gasteiger partial charge is 0.425 e. The summed E-state index contributed by atoms with van der Waals surface area (Å²) in [4.78, 5) is 12.9. The van der Waals surface area contributed by atoms with Gasteiger partial charge in [-0.3, -0.25) is 4.72 Å². The number of benzene rings is 3. The van der Waals surface area contributed by atoms with Gasteiger partial charge >= 0.3 is 12.3 Å². The number of hydrogen-bond donors (Lipinski definition) is 1. The van der Waals surface area contributed by atoms with Gasteiger partial charge in [-0.2, -0.15) is 0 Å². The van der Waals surface area contributed by atoms with Crippen LogP contribution in [0, 0.1) is 0 Å². The van der Waals surface area contributed by atoms with Gasteiger partial charge in [0, 0.05) is 17.1 Å². The van der Waals surface area contributed by atoms with Crippen molar-refractivity contribution < 1.29 is 35.9 Å². The number of sulfonamides is 1. The van der Waals surface area contributed by atoms with Gasteiger partial charge in [0.25, 0.3) is 0 Å². The fourth-order valence-electron chi connectivity index (χ4n) is 3.78. The molecule has 0 radical (unpaired) electrons. The molecule has 0 spiro atoms. The molecule has 1 atom stereocenters. The largest absolute Gasteiger partial charge is 0.573 e. The molecule has 0 aliphatic rings. The summed E-state index contributed by atoms with van der Waals surface area (Å²) < 4.78 is 75.5. The molecule has 4 rings (SSSR count). The van der Waals surface area contributed by atoms with Crippen molar-refractivity contribution in [3.63, 3.8) is 0 Å². The van der Waals surface area contributed by atoms with Crippen molar-refractivity contribution in [2.24, 2.45) is 0 Å². The summed E-state index contributed by atoms with van der Waals surface area (Å²) in [6.07, 6.45) is -2.17. The second kappa shape index (κ2) is 9.57. The minimum absolute atomic E-state index is 0.141. The molecule has 0 fully saturated rings. The Kier molecular flexibility index (Phi) is 6.68. The quantitative estimate of drug-likeness (QED) is 0.249. The highest BCUT2D eigenvalue weighted by Crippen LogP contribution is 2.35. The Hall–Kier alpha value is -3.99. The van der Waals surface area contributed by atoms with E-state index in [0.717, 1.165) is 6.26 Å². The lowest BCUT2D eigenvalue weighted by Gasteiger charge is -2.16. The van der Waals surface area contributed by atoms with Gasteiger partial charge in [-0.25, -0.2) is 13.2 Å². The van der Waals surface area contributed by atoms with Crippen LogP contribution in [0.3, 0.4) is 0 Å². The molecule has 188 valence electrons. The molecular weight excluding hydrogens is 497 g/mol. The number of fused-ring (bicyclic) bond motifs is 1. The first-order chi connectivity index (χ1) is 16.9. The number of nitrogens with one attached hydrogen (secondary N) is 1. The summed E-state index contributed by atoms with van der Waals surface area (Å²) in [6.45, 7) is 1.62. The number of ether oxygens (including phenoxy) is 2. The Bertz CT molecular complexity index is 1530. The van der Waals surface area contributed by atoms with E-state index >= 15 is 0 Å². The monoisotopic (exact) mass is 518 g/mol. The maximum atomic E-state index is 12.9. The maximum Gasteiger partial charge on any atom is 0.573 e. The number of carbonyl (C=O) groups is 1. The summed E-state index contributed by atoms with van der Waals surface area (Å²) in [6, 6.07) is 17.7. The highest BCUT2D eigenvalue weighted by atomic mass is 32.2. The minimum Gasteiger partial charge on any atom is -0.425 e. The molecule has 0 saturated carbocycles. The van der Waals surface area contributed by atoms with Gasteiger partial charge < -0.3 is 14.0 Å². The number of aromatic nitrogens is 1. The Balaban J connectivity index is 1.58. The maximum absolute atomic E-state index is 12.9. The van der Waals surface area contributed by atoms with E-state index in [1.54, 1.807) is 60.2 Å². The molecule has 7 nitrogen and oxygen atoms in total. The van der Waals surface area contributed by atoms with Gasteiger partial charge in [0.2, 0.25) is 10.0 Å². The molecule has 0 saturated heterocycles. The molecule has 36 heavy (non-hydrogen) atoms. The van der Waals surface area contributed by atoms with Gasteiger partial charge in [0.15, 0.2) is 0 Å². The van der Waals surface area contributed by atoms with Crippen LogP contribution < -0.4 is 14.2 Å². The van der Waals surface area contributed by atoms with Crippen LogP contribution in [-0.4, -0.2) is 31.6 Å². The lowest BCUT2D eigenvalue weighted by Crippen LogP contribution is -2.21. The Morgan fingerprint density at radius 2 is 1.72 bits per heavy atom. The minimum atomic E-state index is -4.86. The van der Waals surface area contributed by atoms with E-state index in [4.69, 9.17) is 4.74 Å². The van der Waals surface area contributed by atoms with Crippen LogP contribution in [-0.2, 0) is 14.8 Å². The van der Waals surface area contributed by atoms with Crippen LogP contribution in [0.4, 0.5) is 18.9 Å². The fraction of sp³-hybridized carbons (Fsp3) is 0.160. The van der Waals surface area contributed by atoms with Crippen LogP contribution in [0.5, 0.6) is 11.5 Å². The molecule has 1 N–H and O–H groups in total. The topological polar surface area (TPSA) is 86.6 Å². The lowest BCUT2D eigenvalue weighted by molar-refractivity contribution is -0.274. The van der Waals surface area contributed by atoms with Crippen LogP contribution >= 0.6 is 0 Å². The summed E-state index contributed by atoms with van der Waals surface area (Å²) >= 11 is 0. The number of carbonyl (C=O) groups excluding carboxylic acids is 1. The zero-order valence-electron chi connectivity index (χ0n) is 19.1. The molecule has 0 bridgehead atoms. The summed E-state index contributed by atoms with van der Waals surface area (Å²) in [5, 5.41) is 0.603. The Morgan fingerprint density at radius 1 is 1.00 bits per heavy atom. The molecular formula is C25H21F3N2O5S. The van der Waals surface area contributed by atoms with Crippen molar-refractivity contribution in [1.82, 2.24) is 4.57 Å². The molecule has 1 aromatic heterocycles. The van der Waals surface area contributed by atoms with Crippen molar-refractivity contribution in [3.05, 3.63) is 79.0 Å². The number of esters is 1. The first-order valence-corrected chi connectivity index (χ1v) is 12.5. The first-order valence-electron chi connectivity index (χ1n) is 10.7. The van der Waals surface area contributed by atoms with E-state index in [1.165, 1.54) is 30.3 Å². The van der Waals surface area contributed by atoms with Crippen molar-refractivity contribution in [3.8, 4) is 22.6 Å².